The maximum Gasteiger partial charge on any atom is 0.264 e. The van der Waals surface area contributed by atoms with Gasteiger partial charge in [0.1, 0.15) is 22.9 Å². The molecular weight excluding hydrogens is 796 g/mol. The van der Waals surface area contributed by atoms with E-state index in [9.17, 15) is 22.7 Å². The lowest BCUT2D eigenvalue weighted by molar-refractivity contribution is -0.192. The molecule has 0 atom stereocenters. The number of aliphatic hydroxyl groups excluding tert-OH is 1. The monoisotopic (exact) mass is 846 g/mol. The van der Waals surface area contributed by atoms with Crippen molar-refractivity contribution in [1.82, 2.24) is 10.3 Å². The highest BCUT2D eigenvalue weighted by atomic mass is 35.5. The molecular formula is C44H51ClF4N2O8. The molecule has 59 heavy (non-hydrogen) atoms. The van der Waals surface area contributed by atoms with Crippen LogP contribution in [0.2, 0.25) is 0 Å². The molecule has 4 heterocycles. The van der Waals surface area contributed by atoms with Gasteiger partial charge in [-0.25, -0.2) is 17.6 Å². The highest BCUT2D eigenvalue weighted by Gasteiger charge is 2.42. The van der Waals surface area contributed by atoms with Gasteiger partial charge < -0.3 is 37.8 Å². The van der Waals surface area contributed by atoms with Gasteiger partial charge in [0.25, 0.3) is 12.9 Å². The predicted molar refractivity (Wildman–Crippen MR) is 208 cm³/mol. The summed E-state index contributed by atoms with van der Waals surface area (Å²) in [4.78, 5) is 0. The van der Waals surface area contributed by atoms with E-state index in [1.54, 1.807) is 36.4 Å². The second kappa shape index (κ2) is 18.7. The van der Waals surface area contributed by atoms with Crippen LogP contribution in [-0.4, -0.2) is 65.6 Å². The summed E-state index contributed by atoms with van der Waals surface area (Å²) in [6, 6.07) is 12.8. The van der Waals surface area contributed by atoms with Gasteiger partial charge in [0.2, 0.25) is 0 Å². The van der Waals surface area contributed by atoms with Crippen LogP contribution in [0.5, 0.6) is 0 Å². The second-order valence-corrected chi connectivity index (χ2v) is 16.4. The van der Waals surface area contributed by atoms with Crippen molar-refractivity contribution in [3.05, 3.63) is 82.3 Å². The van der Waals surface area contributed by atoms with Crippen LogP contribution in [0.3, 0.4) is 0 Å². The van der Waals surface area contributed by atoms with E-state index in [4.69, 9.17) is 44.3 Å². The molecule has 320 valence electrons. The van der Waals surface area contributed by atoms with Crippen LogP contribution in [0.4, 0.5) is 17.6 Å². The molecule has 4 aromatic rings. The van der Waals surface area contributed by atoms with Crippen molar-refractivity contribution in [1.29, 1.82) is 0 Å². The lowest BCUT2D eigenvalue weighted by Crippen LogP contribution is -2.37. The van der Waals surface area contributed by atoms with Crippen molar-refractivity contribution in [3.8, 4) is 22.5 Å². The quantitative estimate of drug-likeness (QED) is 0.122. The van der Waals surface area contributed by atoms with Crippen molar-refractivity contribution in [2.45, 2.75) is 138 Å². The van der Waals surface area contributed by atoms with Crippen molar-refractivity contribution in [3.63, 3.8) is 0 Å². The van der Waals surface area contributed by atoms with Gasteiger partial charge in [-0.2, -0.15) is 0 Å². The summed E-state index contributed by atoms with van der Waals surface area (Å²) in [6.07, 6.45) is 5.73. The first-order valence-electron chi connectivity index (χ1n) is 20.8. The van der Waals surface area contributed by atoms with E-state index in [1.165, 1.54) is 12.1 Å². The number of aromatic nitrogens is 2. The number of alkyl halides is 5. The molecule has 2 spiro atoms. The minimum atomic E-state index is -2.57. The number of hydrogen-bond donors (Lipinski definition) is 1. The number of aliphatic hydroxyl groups is 1. The molecule has 10 rings (SSSR count). The Bertz CT molecular complexity index is 1970. The third-order valence-corrected chi connectivity index (χ3v) is 12.3. The molecule has 2 aliphatic heterocycles. The van der Waals surface area contributed by atoms with Gasteiger partial charge in [-0.3, -0.25) is 0 Å². The van der Waals surface area contributed by atoms with Gasteiger partial charge in [-0.15, -0.1) is 11.6 Å². The highest BCUT2D eigenvalue weighted by Crippen LogP contribution is 2.47. The van der Waals surface area contributed by atoms with E-state index in [0.29, 0.717) is 54.2 Å². The van der Waals surface area contributed by atoms with Gasteiger partial charge in [0.05, 0.1) is 51.1 Å². The summed E-state index contributed by atoms with van der Waals surface area (Å²) in [5.41, 5.74) is 3.26. The number of halogens is 5. The molecule has 0 unspecified atom stereocenters. The number of nitrogens with zero attached hydrogens (tertiary/aromatic N) is 2. The molecule has 4 saturated carbocycles. The van der Waals surface area contributed by atoms with E-state index in [1.807, 2.05) is 0 Å². The minimum absolute atomic E-state index is 0.0282. The number of hydrogen-bond acceptors (Lipinski definition) is 10. The van der Waals surface area contributed by atoms with Crippen molar-refractivity contribution in [2.24, 2.45) is 0 Å². The smallest absolute Gasteiger partial charge is 0.264 e. The molecule has 1 N–H and O–H groups in total. The predicted octanol–water partition coefficient (Wildman–Crippen LogP) is 10.9. The molecule has 4 aliphatic carbocycles. The normalized spacial score (nSPS) is 22.5. The number of rotatable bonds is 10. The second-order valence-electron chi connectivity index (χ2n) is 16.2. The van der Waals surface area contributed by atoms with E-state index in [0.717, 1.165) is 113 Å². The molecule has 6 fully saturated rings. The largest absolute Gasteiger partial charge is 0.393 e. The first kappa shape index (κ1) is 42.3. The molecule has 15 heteroatoms. The fourth-order valence-electron chi connectivity index (χ4n) is 8.49. The highest BCUT2D eigenvalue weighted by molar-refractivity contribution is 6.17. The third kappa shape index (κ3) is 9.90. The van der Waals surface area contributed by atoms with E-state index in [2.05, 4.69) is 10.3 Å². The summed E-state index contributed by atoms with van der Waals surface area (Å²) < 4.78 is 92.8. The van der Waals surface area contributed by atoms with Gasteiger partial charge >= 0.3 is 0 Å². The lowest BCUT2D eigenvalue weighted by atomic mass is 9.91. The molecule has 10 nitrogen and oxygen atoms in total. The van der Waals surface area contributed by atoms with Gasteiger partial charge in [0, 0.05) is 70.9 Å². The zero-order chi connectivity index (χ0) is 41.0. The minimum Gasteiger partial charge on any atom is -0.393 e. The Labute approximate surface area is 345 Å². The Balaban J connectivity index is 0.000000137. The van der Waals surface area contributed by atoms with Crippen molar-refractivity contribution in [2.75, 3.05) is 26.4 Å². The molecule has 0 amide bonds. The van der Waals surface area contributed by atoms with Crippen LogP contribution in [-0.2, 0) is 36.2 Å². The standard InChI is InChI=1S/C22H25F2NO4.C14H12ClF2NO.C8H14O3/c23-21(24)17-4-2-1-3-16(17)19-18(20(29-25-19)14-5-6-14)13-26-15-7-9-22(10-8-15)27-11-12-28-22;15-7-11-12(18-19-13(11)8-5-6-8)9-3-1-2-4-10(9)14(16)17;9-7-1-3-8(4-2-7)10-5-6-11-8/h1-4,14-15,21H,5-13H2;1-4,8,14H,5-7H2;7,9H,1-6H2. The van der Waals surface area contributed by atoms with Crippen LogP contribution in [0.25, 0.3) is 22.5 Å². The van der Waals surface area contributed by atoms with Crippen LogP contribution in [0, 0.1) is 0 Å². The maximum absolute atomic E-state index is 13.5. The molecule has 6 aliphatic rings. The molecule has 2 saturated heterocycles. The SMILES string of the molecule is FC(F)c1ccccc1-c1noc(C2CC2)c1CCl.FC(F)c1ccccc1-c1noc(C2CC2)c1COC1CCC2(CC1)OCCO2.OC1CCC2(CC1)OCCO2. The Morgan fingerprint density at radius 2 is 1.05 bits per heavy atom. The first-order chi connectivity index (χ1) is 28.7. The Kier molecular flexibility index (Phi) is 13.4. The van der Waals surface area contributed by atoms with Gasteiger partial charge in [-0.05, 0) is 51.4 Å². The van der Waals surface area contributed by atoms with Gasteiger partial charge in [0.15, 0.2) is 11.6 Å². The third-order valence-electron chi connectivity index (χ3n) is 12.1. The molecule has 2 aromatic heterocycles. The Hall–Kier alpha value is -3.37. The first-order valence-corrected chi connectivity index (χ1v) is 21.3. The van der Waals surface area contributed by atoms with Crippen molar-refractivity contribution < 1.29 is 55.4 Å². The summed E-state index contributed by atoms with van der Waals surface area (Å²) in [6.45, 7) is 3.07. The maximum atomic E-state index is 13.5. The summed E-state index contributed by atoms with van der Waals surface area (Å²) in [5, 5.41) is 17.4. The topological polar surface area (TPSA) is 118 Å². The Morgan fingerprint density at radius 1 is 0.627 bits per heavy atom. The van der Waals surface area contributed by atoms with Crippen LogP contribution in [0.15, 0.2) is 57.6 Å². The van der Waals surface area contributed by atoms with Crippen LogP contribution >= 0.6 is 11.6 Å². The fraction of sp³-hybridized carbons (Fsp3) is 0.591. The van der Waals surface area contributed by atoms with E-state index in [-0.39, 0.29) is 35.0 Å². The van der Waals surface area contributed by atoms with Crippen LogP contribution < -0.4 is 0 Å². The summed E-state index contributed by atoms with van der Waals surface area (Å²) in [5.74, 6) is 1.73. The molecule has 0 bridgehead atoms. The number of benzene rings is 2. The number of ether oxygens (including phenoxy) is 5. The van der Waals surface area contributed by atoms with E-state index >= 15 is 0 Å². The molecule has 2 aromatic carbocycles. The van der Waals surface area contributed by atoms with Crippen LogP contribution in [0.1, 0.15) is 136 Å². The average molecular weight is 847 g/mol. The van der Waals surface area contributed by atoms with Gasteiger partial charge in [-0.1, -0.05) is 58.8 Å². The zero-order valence-corrected chi connectivity index (χ0v) is 33.7. The van der Waals surface area contributed by atoms with Crippen molar-refractivity contribution >= 4 is 11.6 Å². The Morgan fingerprint density at radius 3 is 1.49 bits per heavy atom. The zero-order valence-electron chi connectivity index (χ0n) is 32.9. The summed E-state index contributed by atoms with van der Waals surface area (Å²) >= 11 is 5.94. The lowest BCUT2D eigenvalue weighted by Gasteiger charge is -2.35. The fourth-order valence-corrected chi connectivity index (χ4v) is 8.75. The van der Waals surface area contributed by atoms with E-state index < -0.39 is 18.6 Å². The summed E-state index contributed by atoms with van der Waals surface area (Å²) in [7, 11) is 0. The molecule has 0 radical (unpaired) electrons. The average Bonchev–Trinajstić information content (AvgIpc) is 4.08.